The molecule has 4 heteroatoms. The van der Waals surface area contributed by atoms with E-state index in [9.17, 15) is 4.79 Å². The van der Waals surface area contributed by atoms with Crippen LogP contribution in [0.25, 0.3) is 0 Å². The van der Waals surface area contributed by atoms with Crippen LogP contribution >= 0.6 is 11.3 Å². The lowest BCUT2D eigenvalue weighted by Gasteiger charge is -2.32. The molecule has 1 aromatic rings. The number of hydrogen-bond acceptors (Lipinski definition) is 3. The Kier molecular flexibility index (Phi) is 4.99. The number of aliphatic hydroxyl groups excluding tert-OH is 1. The highest BCUT2D eigenvalue weighted by Gasteiger charge is 2.25. The number of likely N-dealkylation sites (tertiary alicyclic amines) is 1. The van der Waals surface area contributed by atoms with Crippen LogP contribution in [-0.4, -0.2) is 35.6 Å². The largest absolute Gasteiger partial charge is 0.396 e. The first-order valence-corrected chi connectivity index (χ1v) is 7.96. The molecule has 1 N–H and O–H groups in total. The molecule has 3 nitrogen and oxygen atoms in total. The van der Waals surface area contributed by atoms with E-state index in [1.54, 1.807) is 11.3 Å². The highest BCUT2D eigenvalue weighted by molar-refractivity contribution is 7.14. The Morgan fingerprint density at radius 3 is 3.00 bits per heavy atom. The summed E-state index contributed by atoms with van der Waals surface area (Å²) in [6.07, 6.45) is 4.00. The van der Waals surface area contributed by atoms with E-state index in [1.807, 2.05) is 11.0 Å². The molecule has 1 aromatic heterocycles. The minimum absolute atomic E-state index is 0.176. The van der Waals surface area contributed by atoms with Crippen LogP contribution in [0.1, 0.15) is 46.3 Å². The molecule has 1 unspecified atom stereocenters. The molecule has 0 radical (unpaired) electrons. The number of hydrogen-bond donors (Lipinski definition) is 1. The van der Waals surface area contributed by atoms with Gasteiger partial charge in [-0.3, -0.25) is 4.79 Å². The zero-order valence-corrected chi connectivity index (χ0v) is 12.6. The Balaban J connectivity index is 2.05. The Labute approximate surface area is 119 Å². The summed E-state index contributed by atoms with van der Waals surface area (Å²) < 4.78 is 0. The number of nitrogens with zero attached hydrogens (tertiary/aromatic N) is 1. The van der Waals surface area contributed by atoms with E-state index < -0.39 is 0 Å². The first-order valence-electron chi connectivity index (χ1n) is 7.15. The summed E-state index contributed by atoms with van der Waals surface area (Å²) in [5, 5.41) is 9.03. The van der Waals surface area contributed by atoms with Gasteiger partial charge >= 0.3 is 0 Å². The van der Waals surface area contributed by atoms with Crippen LogP contribution in [0.3, 0.4) is 0 Å². The lowest BCUT2D eigenvalue weighted by Crippen LogP contribution is -2.39. The van der Waals surface area contributed by atoms with Gasteiger partial charge in [0.05, 0.1) is 4.88 Å². The van der Waals surface area contributed by atoms with Gasteiger partial charge < -0.3 is 10.0 Å². The Morgan fingerprint density at radius 2 is 2.37 bits per heavy atom. The van der Waals surface area contributed by atoms with Crippen molar-refractivity contribution >= 4 is 17.2 Å². The zero-order valence-electron chi connectivity index (χ0n) is 11.8. The van der Waals surface area contributed by atoms with Gasteiger partial charge in [0.15, 0.2) is 0 Å². The molecular weight excluding hydrogens is 258 g/mol. The van der Waals surface area contributed by atoms with Crippen molar-refractivity contribution in [2.24, 2.45) is 5.92 Å². The lowest BCUT2D eigenvalue weighted by molar-refractivity contribution is 0.0658. The summed E-state index contributed by atoms with van der Waals surface area (Å²) >= 11 is 1.64. The van der Waals surface area contributed by atoms with Crippen molar-refractivity contribution in [2.75, 3.05) is 19.7 Å². The van der Waals surface area contributed by atoms with Gasteiger partial charge in [0.2, 0.25) is 0 Å². The van der Waals surface area contributed by atoms with Crippen molar-refractivity contribution in [1.29, 1.82) is 0 Å². The smallest absolute Gasteiger partial charge is 0.263 e. The fourth-order valence-corrected chi connectivity index (χ4v) is 3.88. The maximum absolute atomic E-state index is 12.5. The third-order valence-electron chi connectivity index (χ3n) is 3.90. The second kappa shape index (κ2) is 6.53. The first-order chi connectivity index (χ1) is 9.15. The SMILES string of the molecule is CCc1sc(C(=O)N2CCCC(CCO)C2)cc1C. The number of piperidine rings is 1. The number of carbonyl (C=O) groups is 1. The van der Waals surface area contributed by atoms with E-state index >= 15 is 0 Å². The summed E-state index contributed by atoms with van der Waals surface area (Å²) in [6, 6.07) is 2.03. The van der Waals surface area contributed by atoms with E-state index in [-0.39, 0.29) is 12.5 Å². The van der Waals surface area contributed by atoms with Gasteiger partial charge in [0, 0.05) is 24.6 Å². The second-order valence-corrected chi connectivity index (χ2v) is 6.48. The number of thiophene rings is 1. The van der Waals surface area contributed by atoms with Crippen LogP contribution in [0.2, 0.25) is 0 Å². The van der Waals surface area contributed by atoms with Crippen LogP contribution < -0.4 is 0 Å². The van der Waals surface area contributed by atoms with Crippen molar-refractivity contribution in [1.82, 2.24) is 4.90 Å². The summed E-state index contributed by atoms with van der Waals surface area (Å²) in [6.45, 7) is 6.10. The fraction of sp³-hybridized carbons (Fsp3) is 0.667. The Bertz CT molecular complexity index is 439. The molecule has 1 aliphatic rings. The molecule has 0 aliphatic carbocycles. The molecular formula is C15H23NO2S. The molecule has 1 atom stereocenters. The minimum Gasteiger partial charge on any atom is -0.396 e. The monoisotopic (exact) mass is 281 g/mol. The van der Waals surface area contributed by atoms with Gasteiger partial charge in [-0.1, -0.05) is 6.92 Å². The third kappa shape index (κ3) is 3.37. The molecule has 1 amide bonds. The van der Waals surface area contributed by atoms with Crippen LogP contribution in [0.4, 0.5) is 0 Å². The topological polar surface area (TPSA) is 40.5 Å². The van der Waals surface area contributed by atoms with Gasteiger partial charge in [-0.05, 0) is 50.2 Å². The van der Waals surface area contributed by atoms with Crippen molar-refractivity contribution in [3.05, 3.63) is 21.4 Å². The molecule has 106 valence electrons. The van der Waals surface area contributed by atoms with Crippen molar-refractivity contribution in [3.63, 3.8) is 0 Å². The molecule has 0 bridgehead atoms. The molecule has 0 spiro atoms. The molecule has 1 fully saturated rings. The van der Waals surface area contributed by atoms with Gasteiger partial charge in [-0.15, -0.1) is 11.3 Å². The number of aliphatic hydroxyl groups is 1. The maximum Gasteiger partial charge on any atom is 0.263 e. The highest BCUT2D eigenvalue weighted by atomic mass is 32.1. The summed E-state index contributed by atoms with van der Waals surface area (Å²) in [7, 11) is 0. The normalized spacial score (nSPS) is 19.7. The van der Waals surface area contributed by atoms with E-state index in [0.717, 1.165) is 43.6 Å². The Morgan fingerprint density at radius 1 is 1.58 bits per heavy atom. The van der Waals surface area contributed by atoms with Crippen LogP contribution in [0.15, 0.2) is 6.07 Å². The van der Waals surface area contributed by atoms with Crippen LogP contribution in [-0.2, 0) is 6.42 Å². The highest BCUT2D eigenvalue weighted by Crippen LogP contribution is 2.26. The maximum atomic E-state index is 12.5. The van der Waals surface area contributed by atoms with Crippen molar-refractivity contribution in [3.8, 4) is 0 Å². The van der Waals surface area contributed by atoms with E-state index in [1.165, 1.54) is 10.4 Å². The van der Waals surface area contributed by atoms with Crippen molar-refractivity contribution in [2.45, 2.75) is 39.5 Å². The summed E-state index contributed by atoms with van der Waals surface area (Å²) in [4.78, 5) is 16.7. The van der Waals surface area contributed by atoms with Crippen LogP contribution in [0, 0.1) is 12.8 Å². The van der Waals surface area contributed by atoms with Gasteiger partial charge in [-0.25, -0.2) is 0 Å². The van der Waals surface area contributed by atoms with Gasteiger partial charge in [0.25, 0.3) is 5.91 Å². The second-order valence-electron chi connectivity index (χ2n) is 5.34. The quantitative estimate of drug-likeness (QED) is 0.922. The summed E-state index contributed by atoms with van der Waals surface area (Å²) in [5.74, 6) is 0.643. The molecule has 1 aliphatic heterocycles. The predicted octanol–water partition coefficient (Wildman–Crippen LogP) is 2.85. The fourth-order valence-electron chi connectivity index (χ4n) is 2.80. The van der Waals surface area contributed by atoms with Crippen molar-refractivity contribution < 1.29 is 9.90 Å². The molecule has 19 heavy (non-hydrogen) atoms. The molecule has 2 heterocycles. The average molecular weight is 281 g/mol. The lowest BCUT2D eigenvalue weighted by atomic mass is 9.95. The number of aryl methyl sites for hydroxylation is 2. The number of rotatable bonds is 4. The molecule has 0 saturated carbocycles. The standard InChI is InChI=1S/C15H23NO2S/c1-3-13-11(2)9-14(19-13)15(18)16-7-4-5-12(10-16)6-8-17/h9,12,17H,3-8,10H2,1-2H3. The third-order valence-corrected chi connectivity index (χ3v) is 5.27. The molecule has 2 rings (SSSR count). The Hall–Kier alpha value is -0.870. The van der Waals surface area contributed by atoms with E-state index in [4.69, 9.17) is 5.11 Å². The summed E-state index contributed by atoms with van der Waals surface area (Å²) in [5.41, 5.74) is 1.24. The van der Waals surface area contributed by atoms with E-state index in [0.29, 0.717) is 5.92 Å². The van der Waals surface area contributed by atoms with Gasteiger partial charge in [0.1, 0.15) is 0 Å². The van der Waals surface area contributed by atoms with Gasteiger partial charge in [-0.2, -0.15) is 0 Å². The average Bonchev–Trinajstić information content (AvgIpc) is 2.80. The molecule has 0 aromatic carbocycles. The predicted molar refractivity (Wildman–Crippen MR) is 78.8 cm³/mol. The first kappa shape index (κ1) is 14.5. The zero-order chi connectivity index (χ0) is 13.8. The number of amides is 1. The molecule has 1 saturated heterocycles. The van der Waals surface area contributed by atoms with Crippen LogP contribution in [0.5, 0.6) is 0 Å². The minimum atomic E-state index is 0.176. The van der Waals surface area contributed by atoms with E-state index in [2.05, 4.69) is 13.8 Å². The number of carbonyl (C=O) groups excluding carboxylic acids is 1.